The number of rotatable bonds is 6. The van der Waals surface area contributed by atoms with Gasteiger partial charge in [-0.1, -0.05) is 29.3 Å². The Kier molecular flexibility index (Phi) is 6.94. The molecule has 1 amide bonds. The topological polar surface area (TPSA) is 110 Å². The molecule has 1 aliphatic rings. The minimum Gasteiger partial charge on any atom is -0.306 e. The van der Waals surface area contributed by atoms with E-state index in [1.54, 1.807) is 46.0 Å². The number of benzene rings is 1. The largest absolute Gasteiger partial charge is 0.306 e. The third-order valence-corrected chi connectivity index (χ3v) is 8.75. The molecule has 10 nitrogen and oxygen atoms in total. The molecular formula is C27H25ClN8O2S. The Morgan fingerprint density at radius 1 is 1.08 bits per heavy atom. The van der Waals surface area contributed by atoms with Crippen LogP contribution in [0.3, 0.4) is 0 Å². The molecule has 1 aliphatic heterocycles. The summed E-state index contributed by atoms with van der Waals surface area (Å²) in [5.74, 6) is 0.382. The monoisotopic (exact) mass is 560 g/mol. The van der Waals surface area contributed by atoms with E-state index >= 15 is 0 Å². The van der Waals surface area contributed by atoms with Crippen LogP contribution in [-0.4, -0.2) is 56.9 Å². The Labute approximate surface area is 232 Å². The average Bonchev–Trinajstić information content (AvgIpc) is 3.58. The van der Waals surface area contributed by atoms with Gasteiger partial charge in [0.1, 0.15) is 27.5 Å². The van der Waals surface area contributed by atoms with Gasteiger partial charge in [-0.3, -0.25) is 4.79 Å². The van der Waals surface area contributed by atoms with Gasteiger partial charge in [-0.2, -0.15) is 10.2 Å². The predicted octanol–water partition coefficient (Wildman–Crippen LogP) is 4.43. The number of nitrogens with one attached hydrogen (secondary N) is 1. The minimum absolute atomic E-state index is 0.142. The van der Waals surface area contributed by atoms with Gasteiger partial charge in [0.05, 0.1) is 22.5 Å². The number of hydrogen-bond acceptors (Lipinski definition) is 6. The normalized spacial score (nSPS) is 15.4. The van der Waals surface area contributed by atoms with E-state index in [1.165, 1.54) is 6.20 Å². The number of carbonyl (C=O) groups excluding carboxylic acids is 1. The molecule has 39 heavy (non-hydrogen) atoms. The fraction of sp³-hybridized carbons (Fsp3) is 0.222. The van der Waals surface area contributed by atoms with E-state index in [1.807, 2.05) is 41.6 Å². The van der Waals surface area contributed by atoms with Gasteiger partial charge in [0.25, 0.3) is 5.91 Å². The molecule has 0 aliphatic carbocycles. The number of pyridine rings is 1. The lowest BCUT2D eigenvalue weighted by atomic mass is 9.95. The molecule has 4 aromatic heterocycles. The van der Waals surface area contributed by atoms with Crippen LogP contribution < -0.4 is 5.32 Å². The van der Waals surface area contributed by atoms with Gasteiger partial charge in [0, 0.05) is 43.7 Å². The second-order valence-corrected chi connectivity index (χ2v) is 11.2. The first kappa shape index (κ1) is 25.4. The van der Waals surface area contributed by atoms with Crippen molar-refractivity contribution in [2.75, 3.05) is 18.4 Å². The maximum atomic E-state index is 13.3. The number of nitrogens with zero attached hydrogens (tertiary/aromatic N) is 7. The Bertz CT molecular complexity index is 1670. The van der Waals surface area contributed by atoms with Gasteiger partial charge < -0.3 is 5.32 Å². The van der Waals surface area contributed by atoms with Crippen LogP contribution in [0.5, 0.6) is 0 Å². The van der Waals surface area contributed by atoms with Crippen LogP contribution in [-0.2, 0) is 11.0 Å². The number of aryl methyl sites for hydroxylation is 1. The predicted molar refractivity (Wildman–Crippen MR) is 148 cm³/mol. The summed E-state index contributed by atoms with van der Waals surface area (Å²) in [6.07, 6.45) is 8.00. The van der Waals surface area contributed by atoms with E-state index < -0.39 is 11.0 Å². The number of halogens is 1. The summed E-state index contributed by atoms with van der Waals surface area (Å²) in [5.41, 5.74) is 3.69. The molecule has 1 saturated heterocycles. The minimum atomic E-state index is -1.38. The second kappa shape index (κ2) is 10.7. The van der Waals surface area contributed by atoms with Crippen molar-refractivity contribution in [3.63, 3.8) is 0 Å². The maximum absolute atomic E-state index is 13.3. The highest BCUT2D eigenvalue weighted by molar-refractivity contribution is 7.82. The fourth-order valence-electron chi connectivity index (χ4n) is 4.70. The number of anilines is 1. The van der Waals surface area contributed by atoms with Gasteiger partial charge in [-0.25, -0.2) is 27.7 Å². The maximum Gasteiger partial charge on any atom is 0.262 e. The molecule has 0 spiro atoms. The summed E-state index contributed by atoms with van der Waals surface area (Å²) in [5, 5.41) is 12.4. The third kappa shape index (κ3) is 5.08. The number of piperidine rings is 1. The van der Waals surface area contributed by atoms with Crippen molar-refractivity contribution in [2.45, 2.75) is 30.6 Å². The number of carbonyl (C=O) groups is 1. The summed E-state index contributed by atoms with van der Waals surface area (Å²) < 4.78 is 18.3. The average molecular weight is 561 g/mol. The Morgan fingerprint density at radius 2 is 1.85 bits per heavy atom. The van der Waals surface area contributed by atoms with Crippen LogP contribution in [0.4, 0.5) is 5.82 Å². The molecule has 1 unspecified atom stereocenters. The molecule has 198 valence electrons. The zero-order valence-corrected chi connectivity index (χ0v) is 22.6. The summed E-state index contributed by atoms with van der Waals surface area (Å²) >= 11 is 6.17. The highest BCUT2D eigenvalue weighted by atomic mass is 35.5. The van der Waals surface area contributed by atoms with Crippen molar-refractivity contribution < 1.29 is 9.00 Å². The van der Waals surface area contributed by atoms with Gasteiger partial charge in [-0.15, -0.1) is 0 Å². The molecule has 5 aromatic rings. The van der Waals surface area contributed by atoms with Gasteiger partial charge >= 0.3 is 0 Å². The first-order valence-corrected chi connectivity index (χ1v) is 14.0. The van der Waals surface area contributed by atoms with Crippen molar-refractivity contribution >= 4 is 40.0 Å². The number of fused-ring (bicyclic) bond motifs is 1. The number of aromatic nitrogens is 6. The summed E-state index contributed by atoms with van der Waals surface area (Å²) in [4.78, 5) is 22.2. The lowest BCUT2D eigenvalue weighted by molar-refractivity contribution is 0.102. The number of hydrogen-bond donors (Lipinski definition) is 1. The molecule has 12 heteroatoms. The Morgan fingerprint density at radius 3 is 2.62 bits per heavy atom. The van der Waals surface area contributed by atoms with Crippen LogP contribution in [0.1, 0.15) is 40.4 Å². The van der Waals surface area contributed by atoms with Crippen LogP contribution in [0.15, 0.2) is 78.2 Å². The fourth-order valence-corrected chi connectivity index (χ4v) is 6.23. The molecule has 0 radical (unpaired) electrons. The SMILES string of the molecule is Cc1ccc(-n2nc(C3CCN(S(=O)c4cccnc4Cl)CC3)cc2NC(=O)c2cnn3cccnc23)cc1. The van der Waals surface area contributed by atoms with Crippen molar-refractivity contribution in [3.8, 4) is 5.69 Å². The first-order chi connectivity index (χ1) is 19.0. The molecule has 1 aromatic carbocycles. The lowest BCUT2D eigenvalue weighted by Gasteiger charge is -2.30. The van der Waals surface area contributed by atoms with E-state index in [0.29, 0.717) is 35.0 Å². The zero-order chi connectivity index (χ0) is 26.9. The van der Waals surface area contributed by atoms with Crippen molar-refractivity contribution in [1.29, 1.82) is 0 Å². The molecule has 6 rings (SSSR count). The van der Waals surface area contributed by atoms with Crippen molar-refractivity contribution in [1.82, 2.24) is 33.7 Å². The standard InChI is InChI=1S/C27H25ClN8O2S/c1-18-5-7-20(8-6-18)36-24(32-27(37)21-17-31-35-13-3-12-30-26(21)35)16-22(33-36)19-9-14-34(15-10-19)39(38)23-4-2-11-29-25(23)28/h2-8,11-13,16-17,19H,9-10,14-15H2,1H3,(H,32,37). The van der Waals surface area contributed by atoms with E-state index in [9.17, 15) is 9.00 Å². The summed E-state index contributed by atoms with van der Waals surface area (Å²) in [6.45, 7) is 3.26. The quantitative estimate of drug-likeness (QED) is 0.308. The summed E-state index contributed by atoms with van der Waals surface area (Å²) in [6, 6.07) is 15.1. The second-order valence-electron chi connectivity index (χ2n) is 9.35. The Hall–Kier alpha value is -3.93. The molecule has 1 N–H and O–H groups in total. The van der Waals surface area contributed by atoms with Crippen LogP contribution >= 0.6 is 11.6 Å². The molecule has 1 fully saturated rings. The van der Waals surface area contributed by atoms with E-state index in [4.69, 9.17) is 16.7 Å². The third-order valence-electron chi connectivity index (χ3n) is 6.79. The van der Waals surface area contributed by atoms with E-state index in [-0.39, 0.29) is 17.0 Å². The molecule has 0 saturated carbocycles. The van der Waals surface area contributed by atoms with Crippen LogP contribution in [0.25, 0.3) is 11.3 Å². The summed E-state index contributed by atoms with van der Waals surface area (Å²) in [7, 11) is -1.38. The molecule has 0 bridgehead atoms. The lowest BCUT2D eigenvalue weighted by Crippen LogP contribution is -2.34. The van der Waals surface area contributed by atoms with Gasteiger partial charge in [-0.05, 0) is 50.1 Å². The Balaban J connectivity index is 1.25. The van der Waals surface area contributed by atoms with Gasteiger partial charge in [0.15, 0.2) is 5.65 Å². The highest BCUT2D eigenvalue weighted by Crippen LogP contribution is 2.32. The van der Waals surface area contributed by atoms with Crippen molar-refractivity contribution in [3.05, 3.63) is 95.3 Å². The highest BCUT2D eigenvalue weighted by Gasteiger charge is 2.28. The molecule has 1 atom stereocenters. The van der Waals surface area contributed by atoms with Crippen LogP contribution in [0, 0.1) is 6.92 Å². The first-order valence-electron chi connectivity index (χ1n) is 12.5. The number of amides is 1. The van der Waals surface area contributed by atoms with Crippen molar-refractivity contribution in [2.24, 2.45) is 0 Å². The van der Waals surface area contributed by atoms with Crippen LogP contribution in [0.2, 0.25) is 5.15 Å². The van der Waals surface area contributed by atoms with E-state index in [0.717, 1.165) is 29.8 Å². The zero-order valence-electron chi connectivity index (χ0n) is 21.1. The molecular weight excluding hydrogens is 536 g/mol. The van der Waals surface area contributed by atoms with E-state index in [2.05, 4.69) is 20.4 Å². The van der Waals surface area contributed by atoms with Gasteiger partial charge in [0.2, 0.25) is 0 Å². The smallest absolute Gasteiger partial charge is 0.262 e. The molecule has 5 heterocycles.